The summed E-state index contributed by atoms with van der Waals surface area (Å²) in [5.74, 6) is 0.603. The second-order valence-corrected chi connectivity index (χ2v) is 6.24. The van der Waals surface area contributed by atoms with E-state index in [0.29, 0.717) is 5.92 Å². The smallest absolute Gasteiger partial charge is 0.243 e. The molecule has 1 saturated carbocycles. The Morgan fingerprint density at radius 1 is 1.50 bits per heavy atom. The molecule has 0 spiro atoms. The maximum absolute atomic E-state index is 11.9. The summed E-state index contributed by atoms with van der Waals surface area (Å²) in [6, 6.07) is 0.0728. The Balaban J connectivity index is 2.04. The van der Waals surface area contributed by atoms with Gasteiger partial charge in [0.15, 0.2) is 0 Å². The fourth-order valence-electron chi connectivity index (χ4n) is 2.21. The molecule has 1 heterocycles. The van der Waals surface area contributed by atoms with Crippen LogP contribution in [-0.2, 0) is 10.0 Å². The number of aromatic nitrogens is 2. The van der Waals surface area contributed by atoms with E-state index in [0.717, 1.165) is 19.3 Å². The summed E-state index contributed by atoms with van der Waals surface area (Å²) in [6.07, 6.45) is 6.88. The van der Waals surface area contributed by atoms with Crippen molar-refractivity contribution in [1.29, 1.82) is 0 Å². The molecular formula is C10H17N3O2S. The first kappa shape index (κ1) is 11.6. The Hall–Kier alpha value is -0.880. The molecule has 2 rings (SSSR count). The molecule has 0 aliphatic heterocycles. The molecule has 2 unspecified atom stereocenters. The molecule has 1 aliphatic carbocycles. The van der Waals surface area contributed by atoms with Crippen molar-refractivity contribution in [3.63, 3.8) is 0 Å². The van der Waals surface area contributed by atoms with E-state index < -0.39 is 10.0 Å². The van der Waals surface area contributed by atoms with E-state index in [2.05, 4.69) is 21.8 Å². The van der Waals surface area contributed by atoms with Gasteiger partial charge in [-0.15, -0.1) is 0 Å². The van der Waals surface area contributed by atoms with Crippen molar-refractivity contribution in [1.82, 2.24) is 14.9 Å². The first-order valence-electron chi connectivity index (χ1n) is 5.59. The molecule has 5 nitrogen and oxygen atoms in total. The molecule has 1 aromatic heterocycles. The Morgan fingerprint density at radius 2 is 2.31 bits per heavy atom. The summed E-state index contributed by atoms with van der Waals surface area (Å²) in [5, 5.41) is 6.17. The second kappa shape index (κ2) is 4.55. The summed E-state index contributed by atoms with van der Waals surface area (Å²) in [6.45, 7) is 2.16. The van der Waals surface area contributed by atoms with E-state index in [4.69, 9.17) is 0 Å². The maximum atomic E-state index is 11.9. The van der Waals surface area contributed by atoms with Crippen molar-refractivity contribution in [3.8, 4) is 0 Å². The van der Waals surface area contributed by atoms with Crippen LogP contribution in [0.15, 0.2) is 17.3 Å². The van der Waals surface area contributed by atoms with Gasteiger partial charge in [0.05, 0.1) is 6.20 Å². The normalized spacial score (nSPS) is 26.8. The molecule has 6 heteroatoms. The molecule has 90 valence electrons. The first-order valence-corrected chi connectivity index (χ1v) is 7.07. The van der Waals surface area contributed by atoms with Crippen molar-refractivity contribution in [3.05, 3.63) is 12.4 Å². The minimum atomic E-state index is -3.38. The summed E-state index contributed by atoms with van der Waals surface area (Å²) in [5.41, 5.74) is 0. The summed E-state index contributed by atoms with van der Waals surface area (Å²) in [7, 11) is -3.38. The summed E-state index contributed by atoms with van der Waals surface area (Å²) < 4.78 is 26.5. The molecule has 1 aromatic rings. The lowest BCUT2D eigenvalue weighted by molar-refractivity contribution is 0.327. The molecule has 1 aliphatic rings. The van der Waals surface area contributed by atoms with Crippen LogP contribution in [-0.4, -0.2) is 24.7 Å². The molecule has 1 fully saturated rings. The number of hydrogen-bond acceptors (Lipinski definition) is 3. The van der Waals surface area contributed by atoms with E-state index in [1.807, 2.05) is 0 Å². The molecule has 16 heavy (non-hydrogen) atoms. The van der Waals surface area contributed by atoms with Gasteiger partial charge in [0.25, 0.3) is 0 Å². The van der Waals surface area contributed by atoms with Gasteiger partial charge in [0.1, 0.15) is 4.90 Å². The van der Waals surface area contributed by atoms with Gasteiger partial charge < -0.3 is 0 Å². The predicted molar refractivity (Wildman–Crippen MR) is 60.3 cm³/mol. The zero-order valence-corrected chi connectivity index (χ0v) is 10.1. The van der Waals surface area contributed by atoms with Crippen LogP contribution in [0.3, 0.4) is 0 Å². The van der Waals surface area contributed by atoms with Crippen molar-refractivity contribution in [2.45, 2.75) is 43.5 Å². The largest absolute Gasteiger partial charge is 0.284 e. The molecule has 2 N–H and O–H groups in total. The quantitative estimate of drug-likeness (QED) is 0.839. The van der Waals surface area contributed by atoms with Crippen molar-refractivity contribution < 1.29 is 8.42 Å². The highest BCUT2D eigenvalue weighted by molar-refractivity contribution is 7.89. The van der Waals surface area contributed by atoms with Gasteiger partial charge in [-0.05, 0) is 18.8 Å². The highest BCUT2D eigenvalue weighted by Crippen LogP contribution is 2.24. The molecule has 2 atom stereocenters. The van der Waals surface area contributed by atoms with Crippen molar-refractivity contribution >= 4 is 10.0 Å². The SMILES string of the molecule is CC1CCCC(NS(=O)(=O)c2cn[nH]c2)C1. The van der Waals surface area contributed by atoms with Crippen LogP contribution in [0.2, 0.25) is 0 Å². The highest BCUT2D eigenvalue weighted by Gasteiger charge is 2.24. The van der Waals surface area contributed by atoms with Crippen LogP contribution < -0.4 is 4.72 Å². The average Bonchev–Trinajstić information content (AvgIpc) is 2.69. The van der Waals surface area contributed by atoms with E-state index >= 15 is 0 Å². The molecule has 0 radical (unpaired) electrons. The van der Waals surface area contributed by atoms with Gasteiger partial charge >= 0.3 is 0 Å². The average molecular weight is 243 g/mol. The fourth-order valence-corrected chi connectivity index (χ4v) is 3.40. The van der Waals surface area contributed by atoms with Crippen molar-refractivity contribution in [2.75, 3.05) is 0 Å². The van der Waals surface area contributed by atoms with Crippen LogP contribution in [0.25, 0.3) is 0 Å². The zero-order chi connectivity index (χ0) is 11.6. The third-order valence-corrected chi connectivity index (χ3v) is 4.53. The predicted octanol–water partition coefficient (Wildman–Crippen LogP) is 1.27. The number of rotatable bonds is 3. The monoisotopic (exact) mass is 243 g/mol. The minimum absolute atomic E-state index is 0.0728. The number of aromatic amines is 1. The highest BCUT2D eigenvalue weighted by atomic mass is 32.2. The lowest BCUT2D eigenvalue weighted by Gasteiger charge is -2.26. The number of nitrogens with one attached hydrogen (secondary N) is 2. The van der Waals surface area contributed by atoms with E-state index in [-0.39, 0.29) is 10.9 Å². The van der Waals surface area contributed by atoms with Gasteiger partial charge in [-0.25, -0.2) is 13.1 Å². The van der Waals surface area contributed by atoms with Gasteiger partial charge in [0.2, 0.25) is 10.0 Å². The Bertz CT molecular complexity index is 427. The fraction of sp³-hybridized carbons (Fsp3) is 0.700. The zero-order valence-electron chi connectivity index (χ0n) is 9.31. The third-order valence-electron chi connectivity index (χ3n) is 3.04. The molecule has 0 amide bonds. The maximum Gasteiger partial charge on any atom is 0.243 e. The summed E-state index contributed by atoms with van der Waals surface area (Å²) in [4.78, 5) is 0.214. The molecular weight excluding hydrogens is 226 g/mol. The molecule has 0 aromatic carbocycles. The lowest BCUT2D eigenvalue weighted by Crippen LogP contribution is -2.37. The van der Waals surface area contributed by atoms with Gasteiger partial charge in [0, 0.05) is 12.2 Å². The Morgan fingerprint density at radius 3 is 2.94 bits per heavy atom. The molecule has 0 saturated heterocycles. The second-order valence-electron chi connectivity index (χ2n) is 4.52. The number of H-pyrrole nitrogens is 1. The van der Waals surface area contributed by atoms with Crippen LogP contribution >= 0.6 is 0 Å². The van der Waals surface area contributed by atoms with Gasteiger partial charge in [-0.1, -0.05) is 19.8 Å². The van der Waals surface area contributed by atoms with Crippen LogP contribution in [0.4, 0.5) is 0 Å². The van der Waals surface area contributed by atoms with Crippen LogP contribution in [0, 0.1) is 5.92 Å². The first-order chi connectivity index (χ1) is 7.58. The third kappa shape index (κ3) is 2.62. The number of nitrogens with zero attached hydrogens (tertiary/aromatic N) is 1. The van der Waals surface area contributed by atoms with Crippen molar-refractivity contribution in [2.24, 2.45) is 5.92 Å². The van der Waals surface area contributed by atoms with E-state index in [1.165, 1.54) is 18.8 Å². The summed E-state index contributed by atoms with van der Waals surface area (Å²) >= 11 is 0. The van der Waals surface area contributed by atoms with Gasteiger partial charge in [-0.2, -0.15) is 5.10 Å². The minimum Gasteiger partial charge on any atom is -0.284 e. The Labute approximate surface area is 95.7 Å². The number of sulfonamides is 1. The van der Waals surface area contributed by atoms with E-state index in [9.17, 15) is 8.42 Å². The van der Waals surface area contributed by atoms with E-state index in [1.54, 1.807) is 0 Å². The molecule has 0 bridgehead atoms. The Kier molecular flexibility index (Phi) is 3.30. The number of hydrogen-bond donors (Lipinski definition) is 2. The van der Waals surface area contributed by atoms with Crippen LogP contribution in [0.1, 0.15) is 32.6 Å². The van der Waals surface area contributed by atoms with Gasteiger partial charge in [-0.3, -0.25) is 5.10 Å². The topological polar surface area (TPSA) is 74.8 Å². The lowest BCUT2D eigenvalue weighted by atomic mass is 9.88. The standard InChI is InChI=1S/C10H17N3O2S/c1-8-3-2-4-9(5-8)13-16(14,15)10-6-11-12-7-10/h6-9,13H,2-5H2,1H3,(H,11,12). The van der Waals surface area contributed by atoms with Crippen LogP contribution in [0.5, 0.6) is 0 Å².